The van der Waals surface area contributed by atoms with Crippen LogP contribution in [-0.4, -0.2) is 19.5 Å². The highest BCUT2D eigenvalue weighted by atomic mass is 32.2. The van der Waals surface area contributed by atoms with Crippen LogP contribution in [0.1, 0.15) is 10.4 Å². The predicted molar refractivity (Wildman–Crippen MR) is 71.3 cm³/mol. The molecule has 3 N–H and O–H groups in total. The minimum atomic E-state index is -3.96. The number of ether oxygens (including phenoxy) is 1. The Labute approximate surface area is 115 Å². The number of para-hydroxylation sites is 2. The Balaban J connectivity index is 2.49. The Bertz CT molecular complexity index is 755. The molecule has 0 fully saturated rings. The first-order chi connectivity index (χ1) is 9.39. The van der Waals surface area contributed by atoms with E-state index in [-0.39, 0.29) is 22.0 Å². The lowest BCUT2D eigenvalue weighted by Crippen LogP contribution is -2.13. The molecule has 0 atom stereocenters. The summed E-state index contributed by atoms with van der Waals surface area (Å²) in [6.45, 7) is 0. The number of aromatic carboxylic acids is 1. The van der Waals surface area contributed by atoms with Crippen LogP contribution >= 0.6 is 0 Å². The third kappa shape index (κ3) is 2.95. The fourth-order valence-electron chi connectivity index (χ4n) is 1.62. The number of benzene rings is 2. The molecule has 0 unspecified atom stereocenters. The van der Waals surface area contributed by atoms with Crippen molar-refractivity contribution in [2.45, 2.75) is 4.90 Å². The van der Waals surface area contributed by atoms with Crippen LogP contribution in [0.4, 0.5) is 0 Å². The van der Waals surface area contributed by atoms with E-state index in [1.54, 1.807) is 18.2 Å². The topological polar surface area (TPSA) is 107 Å². The number of carbonyl (C=O) groups is 1. The molecule has 0 heterocycles. The summed E-state index contributed by atoms with van der Waals surface area (Å²) in [5.74, 6) is -1.16. The molecule has 0 saturated carbocycles. The van der Waals surface area contributed by atoms with Crippen molar-refractivity contribution in [1.82, 2.24) is 0 Å². The summed E-state index contributed by atoms with van der Waals surface area (Å²) >= 11 is 0. The lowest BCUT2D eigenvalue weighted by molar-refractivity contribution is 0.0694. The van der Waals surface area contributed by atoms with Crippen LogP contribution in [0.3, 0.4) is 0 Å². The fraction of sp³-hybridized carbons (Fsp3) is 0. The summed E-state index contributed by atoms with van der Waals surface area (Å²) in [6.07, 6.45) is 0. The van der Waals surface area contributed by atoms with Crippen molar-refractivity contribution < 1.29 is 23.1 Å². The van der Waals surface area contributed by atoms with E-state index in [1.165, 1.54) is 30.3 Å². The van der Waals surface area contributed by atoms with Crippen LogP contribution < -0.4 is 9.88 Å². The normalized spacial score (nSPS) is 11.1. The van der Waals surface area contributed by atoms with Crippen LogP contribution in [0, 0.1) is 0 Å². The predicted octanol–water partition coefficient (Wildman–Crippen LogP) is 1.82. The minimum Gasteiger partial charge on any atom is -0.478 e. The van der Waals surface area contributed by atoms with Crippen molar-refractivity contribution in [3.8, 4) is 11.5 Å². The summed E-state index contributed by atoms with van der Waals surface area (Å²) in [5.41, 5.74) is -0.0725. The lowest BCUT2D eigenvalue weighted by atomic mass is 10.2. The van der Waals surface area contributed by atoms with Crippen molar-refractivity contribution >= 4 is 16.0 Å². The van der Waals surface area contributed by atoms with Crippen molar-refractivity contribution in [3.05, 3.63) is 54.1 Å². The van der Waals surface area contributed by atoms with Crippen LogP contribution in [-0.2, 0) is 10.0 Å². The molecule has 20 heavy (non-hydrogen) atoms. The van der Waals surface area contributed by atoms with Gasteiger partial charge in [0.05, 0.1) is 0 Å². The van der Waals surface area contributed by atoms with E-state index in [0.29, 0.717) is 0 Å². The van der Waals surface area contributed by atoms with E-state index in [4.69, 9.17) is 15.0 Å². The molecule has 6 nitrogen and oxygen atoms in total. The first-order valence-electron chi connectivity index (χ1n) is 5.51. The van der Waals surface area contributed by atoms with E-state index in [1.807, 2.05) is 0 Å². The Morgan fingerprint density at radius 1 is 1.00 bits per heavy atom. The molecule has 2 aromatic carbocycles. The molecule has 7 heteroatoms. The molecule has 0 aliphatic carbocycles. The molecule has 2 aromatic rings. The second kappa shape index (κ2) is 5.32. The van der Waals surface area contributed by atoms with E-state index in [9.17, 15) is 13.2 Å². The zero-order valence-corrected chi connectivity index (χ0v) is 11.0. The molecule has 0 amide bonds. The average Bonchev–Trinajstić information content (AvgIpc) is 2.38. The number of hydrogen-bond acceptors (Lipinski definition) is 4. The van der Waals surface area contributed by atoms with Crippen LogP contribution in [0.5, 0.6) is 11.5 Å². The largest absolute Gasteiger partial charge is 0.478 e. The second-order valence-electron chi connectivity index (χ2n) is 3.90. The zero-order valence-electron chi connectivity index (χ0n) is 10.2. The Morgan fingerprint density at radius 3 is 2.15 bits per heavy atom. The van der Waals surface area contributed by atoms with E-state index in [0.717, 1.165) is 0 Å². The number of sulfonamides is 1. The molecular weight excluding hydrogens is 282 g/mol. The van der Waals surface area contributed by atoms with Gasteiger partial charge in [-0.25, -0.2) is 18.4 Å². The van der Waals surface area contributed by atoms with E-state index >= 15 is 0 Å². The van der Waals surface area contributed by atoms with E-state index < -0.39 is 16.0 Å². The van der Waals surface area contributed by atoms with Gasteiger partial charge in [0.1, 0.15) is 22.0 Å². The maximum absolute atomic E-state index is 11.4. The van der Waals surface area contributed by atoms with E-state index in [2.05, 4.69) is 0 Å². The summed E-state index contributed by atoms with van der Waals surface area (Å²) in [7, 11) is -3.96. The smallest absolute Gasteiger partial charge is 0.339 e. The minimum absolute atomic E-state index is 0.0244. The fourth-order valence-corrected chi connectivity index (χ4v) is 2.28. The highest BCUT2D eigenvalue weighted by Crippen LogP contribution is 2.29. The average molecular weight is 293 g/mol. The van der Waals surface area contributed by atoms with Crippen molar-refractivity contribution in [1.29, 1.82) is 0 Å². The summed E-state index contributed by atoms with van der Waals surface area (Å²) in [5, 5.41) is 14.1. The third-order valence-corrected chi connectivity index (χ3v) is 3.44. The number of hydrogen-bond donors (Lipinski definition) is 2. The van der Waals surface area contributed by atoms with Gasteiger partial charge in [-0.1, -0.05) is 24.3 Å². The number of carboxylic acids is 1. The molecule has 0 radical (unpaired) electrons. The zero-order chi connectivity index (χ0) is 14.8. The third-order valence-electron chi connectivity index (χ3n) is 2.49. The molecule has 0 spiro atoms. The monoisotopic (exact) mass is 293 g/mol. The van der Waals surface area contributed by atoms with Gasteiger partial charge in [0, 0.05) is 0 Å². The molecule has 104 valence electrons. The van der Waals surface area contributed by atoms with Gasteiger partial charge < -0.3 is 9.84 Å². The Morgan fingerprint density at radius 2 is 1.55 bits per heavy atom. The highest BCUT2D eigenvalue weighted by molar-refractivity contribution is 7.89. The molecular formula is C13H11NO5S. The number of primary sulfonamides is 1. The Hall–Kier alpha value is -2.38. The SMILES string of the molecule is NS(=O)(=O)c1ccccc1Oc1ccccc1C(=O)O. The molecule has 0 bridgehead atoms. The first kappa shape index (κ1) is 14.0. The van der Waals surface area contributed by atoms with Crippen molar-refractivity contribution in [2.24, 2.45) is 5.14 Å². The van der Waals surface area contributed by atoms with Gasteiger partial charge in [-0.3, -0.25) is 0 Å². The summed E-state index contributed by atoms with van der Waals surface area (Å²) in [6, 6.07) is 11.7. The van der Waals surface area contributed by atoms with Crippen molar-refractivity contribution in [2.75, 3.05) is 0 Å². The molecule has 0 aromatic heterocycles. The van der Waals surface area contributed by atoms with Gasteiger partial charge in [0.15, 0.2) is 0 Å². The van der Waals surface area contributed by atoms with Gasteiger partial charge >= 0.3 is 5.97 Å². The maximum atomic E-state index is 11.4. The number of carboxylic acid groups (broad SMARTS) is 1. The molecule has 0 saturated heterocycles. The summed E-state index contributed by atoms with van der Waals surface area (Å²) < 4.78 is 28.3. The highest BCUT2D eigenvalue weighted by Gasteiger charge is 2.17. The van der Waals surface area contributed by atoms with Gasteiger partial charge in [0.25, 0.3) is 0 Å². The maximum Gasteiger partial charge on any atom is 0.339 e. The number of nitrogens with two attached hydrogens (primary N) is 1. The van der Waals surface area contributed by atoms with Crippen LogP contribution in [0.2, 0.25) is 0 Å². The van der Waals surface area contributed by atoms with Gasteiger partial charge in [0.2, 0.25) is 10.0 Å². The lowest BCUT2D eigenvalue weighted by Gasteiger charge is -2.11. The van der Waals surface area contributed by atoms with Gasteiger partial charge in [-0.05, 0) is 24.3 Å². The molecule has 2 rings (SSSR count). The second-order valence-corrected chi connectivity index (χ2v) is 5.42. The molecule has 0 aliphatic rings. The van der Waals surface area contributed by atoms with Crippen LogP contribution in [0.25, 0.3) is 0 Å². The quantitative estimate of drug-likeness (QED) is 0.894. The van der Waals surface area contributed by atoms with Gasteiger partial charge in [-0.15, -0.1) is 0 Å². The standard InChI is InChI=1S/C13H11NO5S/c14-20(17,18)12-8-4-3-7-11(12)19-10-6-2-1-5-9(10)13(15)16/h1-8H,(H,15,16)(H2,14,17,18). The first-order valence-corrected chi connectivity index (χ1v) is 7.06. The van der Waals surface area contributed by atoms with Crippen molar-refractivity contribution in [3.63, 3.8) is 0 Å². The number of rotatable bonds is 4. The Kier molecular flexibility index (Phi) is 3.73. The molecule has 0 aliphatic heterocycles. The summed E-state index contributed by atoms with van der Waals surface area (Å²) in [4.78, 5) is 10.9. The van der Waals surface area contributed by atoms with Crippen LogP contribution in [0.15, 0.2) is 53.4 Å². The van der Waals surface area contributed by atoms with Gasteiger partial charge in [-0.2, -0.15) is 0 Å².